The summed E-state index contributed by atoms with van der Waals surface area (Å²) < 4.78 is 2.35. The first kappa shape index (κ1) is 15.0. The maximum absolute atomic E-state index is 6.04. The lowest BCUT2D eigenvalue weighted by Crippen LogP contribution is -2.26. The van der Waals surface area contributed by atoms with Crippen LogP contribution in [0.25, 0.3) is 16.6 Å². The van der Waals surface area contributed by atoms with E-state index in [4.69, 9.17) is 11.4 Å². The second-order valence-corrected chi connectivity index (χ2v) is 6.83. The Morgan fingerprint density at radius 1 is 1.00 bits per heavy atom. The standard InChI is InChI=1S/C24H18N2/c1-3-17-19-12-6-8-14-21(19)26-22-15-9-7-13-20(22)25-24(26)23(17)18-11-5-4-10-16(18)2/h1,4-15,19,21H,2H3. The number of para-hydroxylation sites is 2. The van der Waals surface area contributed by atoms with Crippen molar-refractivity contribution in [2.75, 3.05) is 0 Å². The summed E-state index contributed by atoms with van der Waals surface area (Å²) in [5.41, 5.74) is 6.64. The van der Waals surface area contributed by atoms with Gasteiger partial charge in [-0.3, -0.25) is 0 Å². The maximum Gasteiger partial charge on any atom is 0.143 e. The monoisotopic (exact) mass is 334 g/mol. The van der Waals surface area contributed by atoms with E-state index in [0.717, 1.165) is 28.0 Å². The van der Waals surface area contributed by atoms with Gasteiger partial charge >= 0.3 is 0 Å². The molecule has 2 heteroatoms. The Bertz CT molecular complexity index is 1160. The molecule has 2 atom stereocenters. The molecule has 2 unspecified atom stereocenters. The van der Waals surface area contributed by atoms with Crippen LogP contribution in [0.5, 0.6) is 0 Å². The van der Waals surface area contributed by atoms with E-state index in [-0.39, 0.29) is 12.0 Å². The smallest absolute Gasteiger partial charge is 0.143 e. The van der Waals surface area contributed by atoms with Crippen molar-refractivity contribution in [2.24, 2.45) is 5.92 Å². The predicted molar refractivity (Wildman–Crippen MR) is 107 cm³/mol. The fraction of sp³-hybridized carbons (Fsp3) is 0.125. The molecule has 2 heterocycles. The van der Waals surface area contributed by atoms with Gasteiger partial charge < -0.3 is 4.57 Å². The molecular weight excluding hydrogens is 316 g/mol. The molecule has 2 nitrogen and oxygen atoms in total. The van der Waals surface area contributed by atoms with Crippen molar-refractivity contribution < 1.29 is 0 Å². The Morgan fingerprint density at radius 3 is 2.62 bits per heavy atom. The van der Waals surface area contributed by atoms with Crippen LogP contribution in [0, 0.1) is 25.2 Å². The molecule has 1 aliphatic heterocycles. The first-order valence-corrected chi connectivity index (χ1v) is 8.88. The van der Waals surface area contributed by atoms with E-state index in [0.29, 0.717) is 0 Å². The molecule has 0 fully saturated rings. The Balaban J connectivity index is 1.92. The van der Waals surface area contributed by atoms with Crippen LogP contribution in [0.2, 0.25) is 0 Å². The van der Waals surface area contributed by atoms with Gasteiger partial charge in [0.1, 0.15) is 5.82 Å². The highest BCUT2D eigenvalue weighted by atomic mass is 15.1. The van der Waals surface area contributed by atoms with Crippen LogP contribution in [0.4, 0.5) is 0 Å². The molecule has 2 aliphatic rings. The van der Waals surface area contributed by atoms with E-state index >= 15 is 0 Å². The molecule has 0 N–H and O–H groups in total. The van der Waals surface area contributed by atoms with E-state index in [1.807, 2.05) is 6.07 Å². The summed E-state index contributed by atoms with van der Waals surface area (Å²) in [5, 5.41) is 0. The van der Waals surface area contributed by atoms with Gasteiger partial charge in [-0.15, -0.1) is 6.42 Å². The normalized spacial score (nSPS) is 20.8. The maximum atomic E-state index is 6.04. The number of nitrogens with zero attached hydrogens (tertiary/aromatic N) is 2. The van der Waals surface area contributed by atoms with E-state index in [1.54, 1.807) is 0 Å². The van der Waals surface area contributed by atoms with Crippen molar-refractivity contribution in [3.63, 3.8) is 0 Å². The number of benzene rings is 2. The highest BCUT2D eigenvalue weighted by molar-refractivity contribution is 5.90. The van der Waals surface area contributed by atoms with E-state index < -0.39 is 0 Å². The van der Waals surface area contributed by atoms with Gasteiger partial charge in [0.2, 0.25) is 0 Å². The Hall–Kier alpha value is -3.31. The van der Waals surface area contributed by atoms with Crippen molar-refractivity contribution in [1.29, 1.82) is 0 Å². The number of hydrogen-bond donors (Lipinski definition) is 0. The van der Waals surface area contributed by atoms with Gasteiger partial charge in [0.15, 0.2) is 0 Å². The van der Waals surface area contributed by atoms with Crippen LogP contribution in [0.15, 0.2) is 78.4 Å². The highest BCUT2D eigenvalue weighted by Gasteiger charge is 2.36. The van der Waals surface area contributed by atoms with Gasteiger partial charge in [-0.05, 0) is 30.2 Å². The number of terminal acetylenes is 1. The van der Waals surface area contributed by atoms with Crippen LogP contribution in [0.3, 0.4) is 0 Å². The van der Waals surface area contributed by atoms with Gasteiger partial charge in [-0.1, -0.05) is 66.6 Å². The third-order valence-electron chi connectivity index (χ3n) is 5.40. The molecule has 0 saturated carbocycles. The number of rotatable bonds is 1. The number of allylic oxidation sites excluding steroid dienone is 5. The lowest BCUT2D eigenvalue weighted by atomic mass is 9.79. The van der Waals surface area contributed by atoms with Crippen LogP contribution in [-0.2, 0) is 0 Å². The molecule has 26 heavy (non-hydrogen) atoms. The number of aromatic nitrogens is 2. The fourth-order valence-corrected chi connectivity index (χ4v) is 4.21. The fourth-order valence-electron chi connectivity index (χ4n) is 4.21. The first-order valence-electron chi connectivity index (χ1n) is 8.88. The van der Waals surface area contributed by atoms with Crippen molar-refractivity contribution in [1.82, 2.24) is 9.55 Å². The van der Waals surface area contributed by atoms with Crippen LogP contribution in [0.1, 0.15) is 23.0 Å². The van der Waals surface area contributed by atoms with Gasteiger partial charge in [-0.25, -0.2) is 4.98 Å². The summed E-state index contributed by atoms with van der Waals surface area (Å²) in [6.45, 7) is 2.13. The Morgan fingerprint density at radius 2 is 1.77 bits per heavy atom. The molecule has 0 saturated heterocycles. The molecule has 3 aromatic rings. The van der Waals surface area contributed by atoms with E-state index in [2.05, 4.69) is 84.2 Å². The molecule has 1 aliphatic carbocycles. The molecule has 0 bridgehead atoms. The van der Waals surface area contributed by atoms with Crippen molar-refractivity contribution in [3.8, 4) is 12.3 Å². The minimum Gasteiger partial charge on any atom is -0.316 e. The molecule has 2 aromatic carbocycles. The molecule has 0 amide bonds. The topological polar surface area (TPSA) is 17.8 Å². The lowest BCUT2D eigenvalue weighted by Gasteiger charge is -2.34. The molecule has 0 spiro atoms. The molecular formula is C24H18N2. The minimum atomic E-state index is 0.157. The number of fused-ring (bicyclic) bond motifs is 5. The molecule has 0 radical (unpaired) electrons. The Kier molecular flexibility index (Phi) is 3.23. The first-order chi connectivity index (χ1) is 12.8. The number of aryl methyl sites for hydroxylation is 1. The van der Waals surface area contributed by atoms with Gasteiger partial charge in [0.25, 0.3) is 0 Å². The summed E-state index contributed by atoms with van der Waals surface area (Å²) in [4.78, 5) is 4.99. The van der Waals surface area contributed by atoms with Crippen LogP contribution >= 0.6 is 0 Å². The second kappa shape index (κ2) is 5.61. The summed E-state index contributed by atoms with van der Waals surface area (Å²) in [6.07, 6.45) is 14.7. The van der Waals surface area contributed by atoms with Crippen LogP contribution < -0.4 is 0 Å². The molecule has 5 rings (SSSR count). The minimum absolute atomic E-state index is 0.157. The third-order valence-corrected chi connectivity index (χ3v) is 5.40. The zero-order chi connectivity index (χ0) is 17.7. The zero-order valence-electron chi connectivity index (χ0n) is 14.6. The lowest BCUT2D eigenvalue weighted by molar-refractivity contribution is 0.506. The van der Waals surface area contributed by atoms with E-state index in [9.17, 15) is 0 Å². The van der Waals surface area contributed by atoms with Gasteiger partial charge in [-0.2, -0.15) is 0 Å². The summed E-state index contributed by atoms with van der Waals surface area (Å²) in [5.74, 6) is 4.13. The quantitative estimate of drug-likeness (QED) is 0.568. The molecule has 124 valence electrons. The van der Waals surface area contributed by atoms with Crippen molar-refractivity contribution >= 4 is 16.6 Å². The highest BCUT2D eigenvalue weighted by Crippen LogP contribution is 2.45. The van der Waals surface area contributed by atoms with Gasteiger partial charge in [0, 0.05) is 17.1 Å². The van der Waals surface area contributed by atoms with E-state index in [1.165, 1.54) is 11.1 Å². The number of hydrogen-bond acceptors (Lipinski definition) is 1. The summed E-state index contributed by atoms with van der Waals surface area (Å²) in [7, 11) is 0. The van der Waals surface area contributed by atoms with Crippen LogP contribution in [-0.4, -0.2) is 9.55 Å². The zero-order valence-corrected chi connectivity index (χ0v) is 14.6. The predicted octanol–water partition coefficient (Wildman–Crippen LogP) is 5.08. The van der Waals surface area contributed by atoms with Crippen molar-refractivity contribution in [2.45, 2.75) is 13.0 Å². The summed E-state index contributed by atoms with van der Waals surface area (Å²) >= 11 is 0. The second-order valence-electron chi connectivity index (χ2n) is 6.83. The third kappa shape index (κ3) is 1.98. The Labute approximate surface area is 153 Å². The average Bonchev–Trinajstić information content (AvgIpc) is 3.07. The largest absolute Gasteiger partial charge is 0.316 e. The van der Waals surface area contributed by atoms with Gasteiger partial charge in [0.05, 0.1) is 17.1 Å². The molecule has 1 aromatic heterocycles. The summed E-state index contributed by atoms with van der Waals surface area (Å²) in [6, 6.07) is 16.9. The SMILES string of the molecule is C#CC1=C(c2ccccc2C)c2nc3ccccc3n2C2C=CC=CC12. The van der Waals surface area contributed by atoms with Crippen molar-refractivity contribution in [3.05, 3.63) is 95.4 Å². The average molecular weight is 334 g/mol. The number of imidazole rings is 1.